The van der Waals surface area contributed by atoms with E-state index in [4.69, 9.17) is 22.1 Å². The molecular formula is C11H11ClN4O2. The molecule has 0 radical (unpaired) electrons. The third kappa shape index (κ3) is 2.02. The van der Waals surface area contributed by atoms with Gasteiger partial charge in [-0.05, 0) is 25.1 Å². The first-order chi connectivity index (χ1) is 8.54. The summed E-state index contributed by atoms with van der Waals surface area (Å²) in [5.41, 5.74) is 6.56. The van der Waals surface area contributed by atoms with E-state index >= 15 is 0 Å². The highest BCUT2D eigenvalue weighted by molar-refractivity contribution is 6.32. The first kappa shape index (κ1) is 12.4. The van der Waals surface area contributed by atoms with Gasteiger partial charge in [0.1, 0.15) is 5.75 Å². The number of nitrogens with zero attached hydrogens (tertiary/aromatic N) is 3. The van der Waals surface area contributed by atoms with Crippen LogP contribution in [0.15, 0.2) is 18.2 Å². The fourth-order valence-electron chi connectivity index (χ4n) is 1.59. The third-order valence-electron chi connectivity index (χ3n) is 2.51. The van der Waals surface area contributed by atoms with E-state index in [1.165, 1.54) is 11.8 Å². The quantitative estimate of drug-likeness (QED) is 0.909. The molecule has 7 heteroatoms. The van der Waals surface area contributed by atoms with E-state index in [1.54, 1.807) is 25.1 Å². The van der Waals surface area contributed by atoms with Crippen LogP contribution in [-0.2, 0) is 0 Å². The Morgan fingerprint density at radius 2 is 2.22 bits per heavy atom. The maximum atomic E-state index is 11.1. The molecule has 2 rings (SSSR count). The predicted octanol–water partition coefficient (Wildman–Crippen LogP) is 1.34. The van der Waals surface area contributed by atoms with Crippen LogP contribution in [0.4, 0.5) is 0 Å². The minimum Gasteiger partial charge on any atom is -0.495 e. The molecule has 0 unspecified atom stereocenters. The van der Waals surface area contributed by atoms with Gasteiger partial charge in [-0.25, -0.2) is 4.68 Å². The molecule has 0 aliphatic carbocycles. The fourth-order valence-corrected chi connectivity index (χ4v) is 1.84. The average Bonchev–Trinajstić information content (AvgIpc) is 2.71. The second kappa shape index (κ2) is 4.66. The molecule has 2 aromatic rings. The van der Waals surface area contributed by atoms with Crippen LogP contribution >= 0.6 is 11.6 Å². The number of aromatic nitrogens is 3. The van der Waals surface area contributed by atoms with Crippen LogP contribution in [0.1, 0.15) is 16.2 Å². The Kier molecular flexibility index (Phi) is 3.20. The van der Waals surface area contributed by atoms with Gasteiger partial charge >= 0.3 is 0 Å². The van der Waals surface area contributed by atoms with E-state index in [0.29, 0.717) is 22.2 Å². The fraction of sp³-hybridized carbons (Fsp3) is 0.182. The molecule has 1 aromatic carbocycles. The second-order valence-corrected chi connectivity index (χ2v) is 4.03. The number of halogens is 1. The molecule has 94 valence electrons. The van der Waals surface area contributed by atoms with Crippen molar-refractivity contribution in [2.75, 3.05) is 7.11 Å². The van der Waals surface area contributed by atoms with Gasteiger partial charge in [-0.3, -0.25) is 4.79 Å². The highest BCUT2D eigenvalue weighted by Crippen LogP contribution is 2.26. The van der Waals surface area contributed by atoms with E-state index in [0.717, 1.165) is 0 Å². The smallest absolute Gasteiger partial charge is 0.271 e. The maximum Gasteiger partial charge on any atom is 0.271 e. The van der Waals surface area contributed by atoms with Crippen LogP contribution in [0.3, 0.4) is 0 Å². The van der Waals surface area contributed by atoms with E-state index in [2.05, 4.69) is 10.3 Å². The highest BCUT2D eigenvalue weighted by atomic mass is 35.5. The van der Waals surface area contributed by atoms with Crippen molar-refractivity contribution in [1.29, 1.82) is 0 Å². The van der Waals surface area contributed by atoms with Crippen LogP contribution in [0.25, 0.3) is 5.69 Å². The molecule has 1 heterocycles. The number of primary amides is 1. The molecule has 0 spiro atoms. The van der Waals surface area contributed by atoms with Crippen LogP contribution in [-0.4, -0.2) is 28.0 Å². The highest BCUT2D eigenvalue weighted by Gasteiger charge is 2.15. The Morgan fingerprint density at radius 1 is 1.50 bits per heavy atom. The summed E-state index contributed by atoms with van der Waals surface area (Å²) in [5.74, 6) is -0.0494. The molecule has 0 saturated carbocycles. The lowest BCUT2D eigenvalue weighted by Crippen LogP contribution is -2.13. The molecule has 18 heavy (non-hydrogen) atoms. The van der Waals surface area contributed by atoms with E-state index < -0.39 is 5.91 Å². The van der Waals surface area contributed by atoms with Crippen molar-refractivity contribution in [2.24, 2.45) is 5.73 Å². The molecule has 0 atom stereocenters. The Morgan fingerprint density at radius 3 is 2.72 bits per heavy atom. The molecular weight excluding hydrogens is 256 g/mol. The summed E-state index contributed by atoms with van der Waals surface area (Å²) >= 11 is 6.02. The number of ether oxygens (including phenoxy) is 1. The minimum atomic E-state index is -0.613. The van der Waals surface area contributed by atoms with Crippen LogP contribution in [0.2, 0.25) is 5.02 Å². The van der Waals surface area contributed by atoms with Gasteiger partial charge in [0.15, 0.2) is 5.69 Å². The van der Waals surface area contributed by atoms with Crippen LogP contribution in [0.5, 0.6) is 5.75 Å². The summed E-state index contributed by atoms with van der Waals surface area (Å²) in [6.45, 7) is 1.71. The number of benzene rings is 1. The van der Waals surface area contributed by atoms with Crippen molar-refractivity contribution in [3.05, 3.63) is 34.6 Å². The first-order valence-electron chi connectivity index (χ1n) is 5.10. The Labute approximate surface area is 108 Å². The predicted molar refractivity (Wildman–Crippen MR) is 66.2 cm³/mol. The number of nitrogens with two attached hydrogens (primary N) is 1. The first-order valence-corrected chi connectivity index (χ1v) is 5.48. The summed E-state index contributed by atoms with van der Waals surface area (Å²) < 4.78 is 6.55. The second-order valence-electron chi connectivity index (χ2n) is 3.62. The monoisotopic (exact) mass is 266 g/mol. The van der Waals surface area contributed by atoms with Crippen molar-refractivity contribution in [3.63, 3.8) is 0 Å². The topological polar surface area (TPSA) is 83.0 Å². The normalized spacial score (nSPS) is 10.4. The molecule has 6 nitrogen and oxygen atoms in total. The molecule has 0 aliphatic rings. The maximum absolute atomic E-state index is 11.1. The number of rotatable bonds is 3. The molecule has 0 aliphatic heterocycles. The number of amides is 1. The van der Waals surface area contributed by atoms with Crippen molar-refractivity contribution in [3.8, 4) is 11.4 Å². The Hall–Kier alpha value is -2.08. The van der Waals surface area contributed by atoms with Crippen molar-refractivity contribution < 1.29 is 9.53 Å². The summed E-state index contributed by atoms with van der Waals surface area (Å²) in [6, 6.07) is 5.15. The van der Waals surface area contributed by atoms with Gasteiger partial charge < -0.3 is 10.5 Å². The lowest BCUT2D eigenvalue weighted by Gasteiger charge is -2.07. The Bertz CT molecular complexity index is 609. The molecule has 0 fully saturated rings. The van der Waals surface area contributed by atoms with Gasteiger partial charge in [-0.1, -0.05) is 16.8 Å². The summed E-state index contributed by atoms with van der Waals surface area (Å²) in [5, 5.41) is 8.05. The molecule has 2 N–H and O–H groups in total. The zero-order chi connectivity index (χ0) is 13.3. The van der Waals surface area contributed by atoms with E-state index in [-0.39, 0.29) is 5.69 Å². The number of carbonyl (C=O) groups excluding carboxylic acids is 1. The van der Waals surface area contributed by atoms with Crippen LogP contribution < -0.4 is 10.5 Å². The van der Waals surface area contributed by atoms with E-state index in [1.807, 2.05) is 0 Å². The molecule has 1 amide bonds. The van der Waals surface area contributed by atoms with Gasteiger partial charge in [-0.15, -0.1) is 5.10 Å². The lowest BCUT2D eigenvalue weighted by atomic mass is 10.2. The Balaban J connectivity index is 2.49. The summed E-state index contributed by atoms with van der Waals surface area (Å²) in [7, 11) is 1.53. The molecule has 0 saturated heterocycles. The van der Waals surface area contributed by atoms with Crippen molar-refractivity contribution in [2.45, 2.75) is 6.92 Å². The van der Waals surface area contributed by atoms with Gasteiger partial charge in [-0.2, -0.15) is 0 Å². The standard InChI is InChI=1S/C11H11ClN4O2/c1-6-10(11(13)17)14-15-16(6)7-3-4-9(18-2)8(12)5-7/h3-5H,1-2H3,(H2,13,17). The van der Waals surface area contributed by atoms with E-state index in [9.17, 15) is 4.79 Å². The van der Waals surface area contributed by atoms with Crippen molar-refractivity contribution >= 4 is 17.5 Å². The summed E-state index contributed by atoms with van der Waals surface area (Å²) in [6.07, 6.45) is 0. The number of hydrogen-bond acceptors (Lipinski definition) is 4. The van der Waals surface area contributed by atoms with Crippen molar-refractivity contribution in [1.82, 2.24) is 15.0 Å². The number of methoxy groups -OCH3 is 1. The van der Waals surface area contributed by atoms with Crippen LogP contribution in [0, 0.1) is 6.92 Å². The van der Waals surface area contributed by atoms with Gasteiger partial charge in [0.25, 0.3) is 5.91 Å². The lowest BCUT2D eigenvalue weighted by molar-refractivity contribution is 0.0995. The van der Waals surface area contributed by atoms with Gasteiger partial charge in [0, 0.05) is 0 Å². The molecule has 1 aromatic heterocycles. The molecule has 0 bridgehead atoms. The number of hydrogen-bond donors (Lipinski definition) is 1. The zero-order valence-electron chi connectivity index (χ0n) is 9.85. The summed E-state index contributed by atoms with van der Waals surface area (Å²) in [4.78, 5) is 11.1. The third-order valence-corrected chi connectivity index (χ3v) is 2.80. The van der Waals surface area contributed by atoms with Gasteiger partial charge in [0.05, 0.1) is 23.5 Å². The van der Waals surface area contributed by atoms with Gasteiger partial charge in [0.2, 0.25) is 0 Å². The zero-order valence-corrected chi connectivity index (χ0v) is 10.6. The minimum absolute atomic E-state index is 0.141. The largest absolute Gasteiger partial charge is 0.495 e. The SMILES string of the molecule is COc1ccc(-n2nnc(C(N)=O)c2C)cc1Cl. The number of carbonyl (C=O) groups is 1. The average molecular weight is 267 g/mol.